The molecule has 2 bridgehead atoms. The van der Waals surface area contributed by atoms with Crippen molar-refractivity contribution in [3.05, 3.63) is 30.3 Å². The molecular formula is C22H33ClN4O2. The number of hydrogen-bond donors (Lipinski definition) is 3. The maximum absolute atomic E-state index is 12.8. The van der Waals surface area contributed by atoms with Gasteiger partial charge in [0, 0.05) is 36.8 Å². The van der Waals surface area contributed by atoms with Crippen LogP contribution in [0.4, 0.5) is 10.5 Å². The Balaban J connectivity index is 0.00000240. The molecule has 160 valence electrons. The Hall–Kier alpha value is -1.79. The molecule has 2 aliphatic carbocycles. The molecule has 1 aliphatic heterocycles. The molecule has 3 amide bonds. The minimum atomic E-state index is -0.0648. The molecular weight excluding hydrogens is 388 g/mol. The van der Waals surface area contributed by atoms with E-state index in [1.165, 1.54) is 19.3 Å². The molecule has 3 fully saturated rings. The highest BCUT2D eigenvalue weighted by Crippen LogP contribution is 2.42. The van der Waals surface area contributed by atoms with Crippen LogP contribution >= 0.6 is 12.4 Å². The zero-order valence-electron chi connectivity index (χ0n) is 16.9. The molecule has 2 unspecified atom stereocenters. The molecule has 1 aromatic carbocycles. The van der Waals surface area contributed by atoms with Crippen molar-refractivity contribution >= 4 is 30.0 Å². The number of piperidine rings is 1. The van der Waals surface area contributed by atoms with E-state index in [4.69, 9.17) is 5.73 Å². The summed E-state index contributed by atoms with van der Waals surface area (Å²) in [5, 5.41) is 6.20. The second kappa shape index (κ2) is 9.81. The molecule has 2 atom stereocenters. The lowest BCUT2D eigenvalue weighted by atomic mass is 9.65. The Bertz CT molecular complexity index is 679. The number of likely N-dealkylation sites (tertiary alicyclic amines) is 1. The minimum absolute atomic E-state index is 0. The molecule has 2 saturated carbocycles. The number of carbonyl (C=O) groups is 2. The number of para-hydroxylation sites is 1. The van der Waals surface area contributed by atoms with Gasteiger partial charge in [-0.05, 0) is 62.5 Å². The van der Waals surface area contributed by atoms with Crippen LogP contribution in [0.1, 0.15) is 44.9 Å². The first-order valence-corrected chi connectivity index (χ1v) is 10.8. The van der Waals surface area contributed by atoms with Gasteiger partial charge in [-0.25, -0.2) is 4.79 Å². The molecule has 1 saturated heterocycles. The van der Waals surface area contributed by atoms with E-state index in [0.717, 1.165) is 31.4 Å². The van der Waals surface area contributed by atoms with Gasteiger partial charge in [0.2, 0.25) is 5.91 Å². The van der Waals surface area contributed by atoms with Crippen molar-refractivity contribution in [2.45, 2.75) is 57.0 Å². The number of nitrogens with zero attached hydrogens (tertiary/aromatic N) is 1. The quantitative estimate of drug-likeness (QED) is 0.700. The summed E-state index contributed by atoms with van der Waals surface area (Å²) in [4.78, 5) is 27.1. The summed E-state index contributed by atoms with van der Waals surface area (Å²) in [6.07, 6.45) is 7.14. The molecule has 0 radical (unpaired) electrons. The first kappa shape index (κ1) is 21.9. The summed E-state index contributed by atoms with van der Waals surface area (Å²) in [7, 11) is 0. The average molecular weight is 421 g/mol. The number of nitrogens with two attached hydrogens (primary N) is 1. The van der Waals surface area contributed by atoms with Crippen LogP contribution in [-0.4, -0.2) is 42.0 Å². The molecule has 0 spiro atoms. The summed E-state index contributed by atoms with van der Waals surface area (Å²) in [5.41, 5.74) is 7.16. The summed E-state index contributed by atoms with van der Waals surface area (Å²) in [5.74, 6) is 1.36. The minimum Gasteiger partial charge on any atom is -0.353 e. The van der Waals surface area contributed by atoms with Crippen LogP contribution in [0.15, 0.2) is 30.3 Å². The highest BCUT2D eigenvalue weighted by molar-refractivity contribution is 5.89. The Morgan fingerprint density at radius 1 is 0.966 bits per heavy atom. The molecule has 7 heteroatoms. The fourth-order valence-corrected chi connectivity index (χ4v) is 5.27. The fourth-order valence-electron chi connectivity index (χ4n) is 5.27. The van der Waals surface area contributed by atoms with E-state index in [0.29, 0.717) is 31.0 Å². The number of hydrogen-bond acceptors (Lipinski definition) is 3. The van der Waals surface area contributed by atoms with Gasteiger partial charge in [0.15, 0.2) is 0 Å². The smallest absolute Gasteiger partial charge is 0.321 e. The first-order valence-electron chi connectivity index (χ1n) is 10.8. The first-order chi connectivity index (χ1) is 13.6. The van der Waals surface area contributed by atoms with E-state index < -0.39 is 0 Å². The van der Waals surface area contributed by atoms with Gasteiger partial charge in [-0.3, -0.25) is 4.79 Å². The SMILES string of the molecule is Cl.NC1C2CCCC1CC(C(=O)NC1CCN(C(=O)Nc3ccccc3)CC1)C2. The molecule has 0 aromatic heterocycles. The van der Waals surface area contributed by atoms with Crippen LogP contribution in [0, 0.1) is 17.8 Å². The zero-order valence-corrected chi connectivity index (χ0v) is 17.7. The lowest BCUT2D eigenvalue weighted by Gasteiger charge is -2.44. The van der Waals surface area contributed by atoms with Gasteiger partial charge < -0.3 is 21.3 Å². The molecule has 29 heavy (non-hydrogen) atoms. The Labute approximate surface area is 179 Å². The molecule has 6 nitrogen and oxygen atoms in total. The van der Waals surface area contributed by atoms with Crippen molar-refractivity contribution in [1.82, 2.24) is 10.2 Å². The molecule has 4 N–H and O–H groups in total. The number of carbonyl (C=O) groups excluding carboxylic acids is 2. The third kappa shape index (κ3) is 5.23. The largest absolute Gasteiger partial charge is 0.353 e. The van der Waals surface area contributed by atoms with Crippen molar-refractivity contribution < 1.29 is 9.59 Å². The molecule has 3 aliphatic rings. The van der Waals surface area contributed by atoms with Crippen LogP contribution in [0.5, 0.6) is 0 Å². The third-order valence-corrected chi connectivity index (χ3v) is 6.94. The standard InChI is InChI=1S/C22H32N4O2.ClH/c23-20-15-5-4-6-16(20)14-17(13-15)21(27)24-19-9-11-26(12-10-19)22(28)25-18-7-2-1-3-8-18;/h1-3,7-8,15-17,19-20H,4-6,9-14,23H2,(H,24,27)(H,25,28);1H. The molecule has 4 rings (SSSR count). The number of nitrogens with one attached hydrogen (secondary N) is 2. The Morgan fingerprint density at radius 3 is 2.21 bits per heavy atom. The Morgan fingerprint density at radius 2 is 1.59 bits per heavy atom. The van der Waals surface area contributed by atoms with Crippen molar-refractivity contribution in [3.8, 4) is 0 Å². The van der Waals surface area contributed by atoms with Crippen LogP contribution in [-0.2, 0) is 4.79 Å². The van der Waals surface area contributed by atoms with E-state index in [1.54, 1.807) is 0 Å². The second-order valence-electron chi connectivity index (χ2n) is 8.76. The van der Waals surface area contributed by atoms with Crippen LogP contribution in [0.25, 0.3) is 0 Å². The number of rotatable bonds is 3. The second-order valence-corrected chi connectivity index (χ2v) is 8.76. The molecule has 1 heterocycles. The number of urea groups is 1. The molecule has 1 aromatic rings. The van der Waals surface area contributed by atoms with Gasteiger partial charge in [0.25, 0.3) is 0 Å². The summed E-state index contributed by atoms with van der Waals surface area (Å²) in [6, 6.07) is 9.91. The highest BCUT2D eigenvalue weighted by Gasteiger charge is 2.41. The summed E-state index contributed by atoms with van der Waals surface area (Å²) >= 11 is 0. The number of halogens is 1. The maximum Gasteiger partial charge on any atom is 0.321 e. The highest BCUT2D eigenvalue weighted by atomic mass is 35.5. The van der Waals surface area contributed by atoms with Crippen LogP contribution in [0.2, 0.25) is 0 Å². The lowest BCUT2D eigenvalue weighted by Crippen LogP contribution is -2.52. The van der Waals surface area contributed by atoms with Gasteiger partial charge in [-0.1, -0.05) is 24.6 Å². The monoisotopic (exact) mass is 420 g/mol. The number of fused-ring (bicyclic) bond motifs is 2. The van der Waals surface area contributed by atoms with Gasteiger partial charge in [0.1, 0.15) is 0 Å². The van der Waals surface area contributed by atoms with Crippen molar-refractivity contribution in [2.75, 3.05) is 18.4 Å². The van der Waals surface area contributed by atoms with E-state index in [2.05, 4.69) is 10.6 Å². The fraction of sp³-hybridized carbons (Fsp3) is 0.636. The normalized spacial score (nSPS) is 29.5. The van der Waals surface area contributed by atoms with Gasteiger partial charge in [-0.2, -0.15) is 0 Å². The van der Waals surface area contributed by atoms with Gasteiger partial charge >= 0.3 is 6.03 Å². The van der Waals surface area contributed by atoms with Crippen LogP contribution < -0.4 is 16.4 Å². The van der Waals surface area contributed by atoms with Crippen molar-refractivity contribution in [3.63, 3.8) is 0 Å². The average Bonchev–Trinajstić information content (AvgIpc) is 2.69. The number of anilines is 1. The van der Waals surface area contributed by atoms with E-state index >= 15 is 0 Å². The van der Waals surface area contributed by atoms with Crippen molar-refractivity contribution in [2.24, 2.45) is 23.5 Å². The summed E-state index contributed by atoms with van der Waals surface area (Å²) < 4.78 is 0. The van der Waals surface area contributed by atoms with E-state index in [1.807, 2.05) is 35.2 Å². The number of benzene rings is 1. The zero-order chi connectivity index (χ0) is 19.5. The van der Waals surface area contributed by atoms with E-state index in [-0.39, 0.29) is 36.3 Å². The maximum atomic E-state index is 12.8. The lowest BCUT2D eigenvalue weighted by molar-refractivity contribution is -0.128. The predicted octanol–water partition coefficient (Wildman–Crippen LogP) is 3.37. The third-order valence-electron chi connectivity index (χ3n) is 6.94. The summed E-state index contributed by atoms with van der Waals surface area (Å²) in [6.45, 7) is 1.34. The van der Waals surface area contributed by atoms with Gasteiger partial charge in [0.05, 0.1) is 0 Å². The van der Waals surface area contributed by atoms with Gasteiger partial charge in [-0.15, -0.1) is 12.4 Å². The topological polar surface area (TPSA) is 87.5 Å². The number of amides is 3. The van der Waals surface area contributed by atoms with E-state index in [9.17, 15) is 9.59 Å². The Kier molecular flexibility index (Phi) is 7.41. The predicted molar refractivity (Wildman–Crippen MR) is 117 cm³/mol. The van der Waals surface area contributed by atoms with Crippen LogP contribution in [0.3, 0.4) is 0 Å². The van der Waals surface area contributed by atoms with Crippen molar-refractivity contribution in [1.29, 1.82) is 0 Å².